The molecule has 0 unspecified atom stereocenters. The van der Waals surface area contributed by atoms with E-state index in [4.69, 9.17) is 4.74 Å². The summed E-state index contributed by atoms with van der Waals surface area (Å²) in [7, 11) is 0. The van der Waals surface area contributed by atoms with Crippen LogP contribution in [0.1, 0.15) is 34.7 Å². The van der Waals surface area contributed by atoms with E-state index in [1.807, 2.05) is 28.8 Å². The van der Waals surface area contributed by atoms with E-state index in [1.165, 1.54) is 24.3 Å². The van der Waals surface area contributed by atoms with Gasteiger partial charge in [0.2, 0.25) is 0 Å². The molecule has 2 N–H and O–H groups in total. The molecule has 0 bridgehead atoms. The van der Waals surface area contributed by atoms with Crippen molar-refractivity contribution in [3.63, 3.8) is 0 Å². The smallest absolute Gasteiger partial charge is 0.326 e. The monoisotopic (exact) mass is 481 g/mol. The van der Waals surface area contributed by atoms with Crippen LogP contribution in [0.25, 0.3) is 22.7 Å². The zero-order valence-corrected chi connectivity index (χ0v) is 18.9. The van der Waals surface area contributed by atoms with E-state index in [0.717, 1.165) is 52.8 Å². The molecule has 1 atom stereocenters. The van der Waals surface area contributed by atoms with Crippen LogP contribution < -0.4 is 15.7 Å². The fourth-order valence-electron chi connectivity index (χ4n) is 4.87. The maximum absolute atomic E-state index is 13.9. The van der Waals surface area contributed by atoms with E-state index in [-0.39, 0.29) is 36.6 Å². The molecule has 3 heterocycles. The summed E-state index contributed by atoms with van der Waals surface area (Å²) in [5, 5.41) is 3.30. The molecule has 0 radical (unpaired) electrons. The molecule has 34 heavy (non-hydrogen) atoms. The first kappa shape index (κ1) is 22.4. The molecule has 1 saturated heterocycles. The summed E-state index contributed by atoms with van der Waals surface area (Å²) in [5.41, 5.74) is 5.41. The number of ether oxygens (including phenoxy) is 1. The third kappa shape index (κ3) is 3.81. The van der Waals surface area contributed by atoms with E-state index in [9.17, 15) is 13.6 Å². The van der Waals surface area contributed by atoms with Gasteiger partial charge in [0.25, 0.3) is 0 Å². The van der Waals surface area contributed by atoms with Gasteiger partial charge in [-0.1, -0.05) is 12.1 Å². The Balaban J connectivity index is 0.00000241. The maximum Gasteiger partial charge on any atom is 0.326 e. The molecule has 4 aromatic rings. The lowest BCUT2D eigenvalue weighted by Gasteiger charge is -2.12. The molecule has 5 nitrogen and oxygen atoms in total. The van der Waals surface area contributed by atoms with Crippen LogP contribution >= 0.6 is 12.4 Å². The van der Waals surface area contributed by atoms with Crippen LogP contribution in [0.5, 0.6) is 5.75 Å². The Bertz CT molecular complexity index is 1430. The van der Waals surface area contributed by atoms with Crippen molar-refractivity contribution in [2.45, 2.75) is 19.1 Å². The number of H-pyrrole nitrogens is 1. The van der Waals surface area contributed by atoms with Gasteiger partial charge in [-0.2, -0.15) is 0 Å². The number of rotatable bonds is 2. The Morgan fingerprint density at radius 3 is 2.59 bits per heavy atom. The molecular formula is C26H22ClF2N3O2. The number of aromatic amines is 1. The van der Waals surface area contributed by atoms with Crippen molar-refractivity contribution in [1.29, 1.82) is 0 Å². The lowest BCUT2D eigenvalue weighted by atomic mass is 9.92. The van der Waals surface area contributed by atoms with E-state index in [2.05, 4.69) is 10.3 Å². The van der Waals surface area contributed by atoms with Crippen LogP contribution in [0.4, 0.5) is 8.78 Å². The molecule has 6 rings (SSSR count). The minimum atomic E-state index is -0.396. The van der Waals surface area contributed by atoms with Gasteiger partial charge in [-0.25, -0.2) is 13.6 Å². The number of fused-ring (bicyclic) bond motifs is 3. The first-order valence-electron chi connectivity index (χ1n) is 10.9. The number of halogens is 3. The zero-order chi connectivity index (χ0) is 22.5. The van der Waals surface area contributed by atoms with E-state index in [1.54, 1.807) is 12.1 Å². The van der Waals surface area contributed by atoms with Crippen molar-refractivity contribution in [2.24, 2.45) is 0 Å². The largest absolute Gasteiger partial charge is 0.488 e. The first-order valence-corrected chi connectivity index (χ1v) is 10.9. The molecule has 2 aliphatic rings. The Hall–Kier alpha value is -3.42. The van der Waals surface area contributed by atoms with Gasteiger partial charge in [0.05, 0.1) is 17.1 Å². The molecular weight excluding hydrogens is 460 g/mol. The standard InChI is InChI=1S/C26H21F2N3O2.ClH/c27-17-2-4-20-16(11-17)14-33-25-12-18(28)3-5-21(25)22(20)9-15-1-6-24-23(10-15)30-26(32)31(24)19-7-8-29-13-19;/h1-6,9-12,19,29H,7-8,13-14H2,(H,30,32);1H/b22-9+;/t19-;/m0./s1. The Morgan fingerprint density at radius 1 is 1.00 bits per heavy atom. The van der Waals surface area contributed by atoms with Gasteiger partial charge in [-0.05, 0) is 72.1 Å². The molecule has 0 aliphatic carbocycles. The molecule has 0 spiro atoms. The Labute approximate surface area is 200 Å². The molecule has 2 aliphatic heterocycles. The van der Waals surface area contributed by atoms with Crippen LogP contribution in [0, 0.1) is 11.6 Å². The summed E-state index contributed by atoms with van der Waals surface area (Å²) < 4.78 is 35.5. The van der Waals surface area contributed by atoms with Crippen molar-refractivity contribution >= 4 is 35.1 Å². The van der Waals surface area contributed by atoms with Crippen molar-refractivity contribution in [2.75, 3.05) is 13.1 Å². The summed E-state index contributed by atoms with van der Waals surface area (Å²) in [4.78, 5) is 15.6. The second kappa shape index (κ2) is 8.74. The van der Waals surface area contributed by atoms with Crippen LogP contribution in [0.2, 0.25) is 0 Å². The average Bonchev–Trinajstić information content (AvgIpc) is 3.40. The lowest BCUT2D eigenvalue weighted by molar-refractivity contribution is 0.305. The number of aromatic nitrogens is 2. The van der Waals surface area contributed by atoms with E-state index >= 15 is 0 Å². The van der Waals surface area contributed by atoms with Crippen molar-refractivity contribution in [3.05, 3.63) is 99.0 Å². The summed E-state index contributed by atoms with van der Waals surface area (Å²) >= 11 is 0. The first-order chi connectivity index (χ1) is 16.1. The predicted molar refractivity (Wildman–Crippen MR) is 130 cm³/mol. The minimum Gasteiger partial charge on any atom is -0.488 e. The van der Waals surface area contributed by atoms with Crippen molar-refractivity contribution in [1.82, 2.24) is 14.9 Å². The third-order valence-electron chi connectivity index (χ3n) is 6.43. The molecule has 174 valence electrons. The van der Waals surface area contributed by atoms with Crippen molar-refractivity contribution < 1.29 is 13.5 Å². The molecule has 1 aromatic heterocycles. The molecule has 1 fully saturated rings. The molecule has 0 saturated carbocycles. The highest BCUT2D eigenvalue weighted by molar-refractivity contribution is 5.95. The fourth-order valence-corrected chi connectivity index (χ4v) is 4.87. The highest BCUT2D eigenvalue weighted by Gasteiger charge is 2.22. The van der Waals surface area contributed by atoms with Crippen LogP contribution in [-0.4, -0.2) is 22.6 Å². The van der Waals surface area contributed by atoms with Gasteiger partial charge in [0.1, 0.15) is 24.0 Å². The van der Waals surface area contributed by atoms with Crippen LogP contribution in [0.3, 0.4) is 0 Å². The SMILES string of the molecule is Cl.O=c1[nH]c2cc(/C=C3\c4ccc(F)cc4COc4cc(F)ccc43)ccc2n1[C@H]1CCNC1. The second-order valence-electron chi connectivity index (χ2n) is 8.51. The highest BCUT2D eigenvalue weighted by Crippen LogP contribution is 2.38. The van der Waals surface area contributed by atoms with Crippen LogP contribution in [0.15, 0.2) is 59.4 Å². The van der Waals surface area contributed by atoms with Crippen molar-refractivity contribution in [3.8, 4) is 5.75 Å². The minimum absolute atomic E-state index is 0. The van der Waals surface area contributed by atoms with Gasteiger partial charge in [-0.15, -0.1) is 12.4 Å². The number of nitrogens with one attached hydrogen (secondary N) is 2. The zero-order valence-electron chi connectivity index (χ0n) is 18.1. The Morgan fingerprint density at radius 2 is 1.79 bits per heavy atom. The van der Waals surface area contributed by atoms with Crippen LogP contribution in [-0.2, 0) is 6.61 Å². The van der Waals surface area contributed by atoms with Gasteiger partial charge in [0.15, 0.2) is 0 Å². The number of nitrogens with zero attached hydrogens (tertiary/aromatic N) is 1. The normalized spacial score (nSPS) is 18.2. The highest BCUT2D eigenvalue weighted by atomic mass is 35.5. The lowest BCUT2D eigenvalue weighted by Crippen LogP contribution is -2.23. The average molecular weight is 482 g/mol. The number of hydrogen-bond donors (Lipinski definition) is 2. The summed E-state index contributed by atoms with van der Waals surface area (Å²) in [5.74, 6) is -0.338. The molecule has 8 heteroatoms. The van der Waals surface area contributed by atoms with Gasteiger partial charge < -0.3 is 15.0 Å². The fraction of sp³-hybridized carbons (Fsp3) is 0.192. The molecule has 3 aromatic carbocycles. The quantitative estimate of drug-likeness (QED) is 0.421. The number of benzene rings is 3. The predicted octanol–water partition coefficient (Wildman–Crippen LogP) is 5.05. The number of imidazole rings is 1. The van der Waals surface area contributed by atoms with E-state index < -0.39 is 5.82 Å². The summed E-state index contributed by atoms with van der Waals surface area (Å²) in [6.07, 6.45) is 2.88. The molecule has 0 amide bonds. The van der Waals surface area contributed by atoms with E-state index in [0.29, 0.717) is 11.3 Å². The Kier molecular flexibility index (Phi) is 5.75. The van der Waals surface area contributed by atoms with Gasteiger partial charge in [-0.3, -0.25) is 4.57 Å². The third-order valence-corrected chi connectivity index (χ3v) is 6.43. The number of hydrogen-bond acceptors (Lipinski definition) is 3. The maximum atomic E-state index is 13.9. The summed E-state index contributed by atoms with van der Waals surface area (Å²) in [6, 6.07) is 15.0. The van der Waals surface area contributed by atoms with Gasteiger partial charge in [0, 0.05) is 23.7 Å². The summed E-state index contributed by atoms with van der Waals surface area (Å²) in [6.45, 7) is 1.82. The second-order valence-corrected chi connectivity index (χ2v) is 8.51. The topological polar surface area (TPSA) is 59.1 Å². The van der Waals surface area contributed by atoms with Gasteiger partial charge >= 0.3 is 5.69 Å².